The maximum absolute atomic E-state index is 12.8. The van der Waals surface area contributed by atoms with E-state index in [0.29, 0.717) is 11.3 Å². The van der Waals surface area contributed by atoms with Gasteiger partial charge in [0.1, 0.15) is 6.04 Å². The van der Waals surface area contributed by atoms with E-state index in [9.17, 15) is 24.3 Å². The van der Waals surface area contributed by atoms with Crippen LogP contribution in [0.3, 0.4) is 0 Å². The minimum atomic E-state index is -1.67. The zero-order chi connectivity index (χ0) is 24.1. The second kappa shape index (κ2) is 9.68. The number of nitrogens with two attached hydrogens (primary N) is 1. The molecule has 0 aliphatic carbocycles. The number of guanidine groups is 1. The Morgan fingerprint density at radius 3 is 2.61 bits per heavy atom. The van der Waals surface area contributed by atoms with Crippen molar-refractivity contribution in [1.82, 2.24) is 5.32 Å². The van der Waals surface area contributed by atoms with Gasteiger partial charge in [0.25, 0.3) is 5.91 Å². The topological polar surface area (TPSA) is 201 Å². The van der Waals surface area contributed by atoms with Crippen LogP contribution in [0.25, 0.3) is 0 Å². The zero-order valence-electron chi connectivity index (χ0n) is 17.1. The SMILES string of the molecule is N=C(N)Nc1ccc2c(c1)CCOc1c(cccc1C(=O)NC(CC(=O)O)C(=O)O)OC2=O. The summed E-state index contributed by atoms with van der Waals surface area (Å²) in [7, 11) is 0. The Bertz CT molecular complexity index is 1150. The average Bonchev–Trinajstić information content (AvgIpc) is 2.79. The molecule has 33 heavy (non-hydrogen) atoms. The maximum atomic E-state index is 12.8. The number of ether oxygens (including phenoxy) is 2. The molecule has 7 N–H and O–H groups in total. The Morgan fingerprint density at radius 2 is 1.94 bits per heavy atom. The van der Waals surface area contributed by atoms with E-state index in [4.69, 9.17) is 25.7 Å². The van der Waals surface area contributed by atoms with Crippen molar-refractivity contribution in [3.8, 4) is 11.5 Å². The molecule has 1 atom stereocenters. The second-order valence-corrected chi connectivity index (χ2v) is 6.99. The summed E-state index contributed by atoms with van der Waals surface area (Å²) in [6.07, 6.45) is -0.581. The maximum Gasteiger partial charge on any atom is 0.343 e. The van der Waals surface area contributed by atoms with Crippen LogP contribution >= 0.6 is 0 Å². The minimum absolute atomic E-state index is 0.0297. The van der Waals surface area contributed by atoms with Gasteiger partial charge in [0.15, 0.2) is 17.5 Å². The predicted octanol–water partition coefficient (Wildman–Crippen LogP) is 0.804. The van der Waals surface area contributed by atoms with E-state index in [0.717, 1.165) is 0 Å². The number of amides is 1. The summed E-state index contributed by atoms with van der Waals surface area (Å²) in [5.41, 5.74) is 6.51. The molecule has 172 valence electrons. The number of carbonyl (C=O) groups excluding carboxylic acids is 2. The first-order valence-electron chi connectivity index (χ1n) is 9.63. The quantitative estimate of drug-likeness (QED) is 0.156. The largest absolute Gasteiger partial charge is 0.488 e. The number of carbonyl (C=O) groups is 4. The number of benzene rings is 2. The monoisotopic (exact) mass is 456 g/mol. The molecule has 2 aromatic carbocycles. The Balaban J connectivity index is 1.90. The van der Waals surface area contributed by atoms with Crippen LogP contribution in [0.1, 0.15) is 32.7 Å². The van der Waals surface area contributed by atoms with Crippen LogP contribution in [0.2, 0.25) is 0 Å². The van der Waals surface area contributed by atoms with Crippen molar-refractivity contribution in [1.29, 1.82) is 5.41 Å². The van der Waals surface area contributed by atoms with E-state index >= 15 is 0 Å². The molecule has 0 saturated heterocycles. The van der Waals surface area contributed by atoms with Gasteiger partial charge < -0.3 is 36.1 Å². The van der Waals surface area contributed by atoms with Crippen LogP contribution in [0.4, 0.5) is 5.69 Å². The summed E-state index contributed by atoms with van der Waals surface area (Å²) in [6, 6.07) is 7.17. The molecule has 0 radical (unpaired) electrons. The third-order valence-electron chi connectivity index (χ3n) is 4.63. The van der Waals surface area contributed by atoms with Gasteiger partial charge in [-0.15, -0.1) is 0 Å². The van der Waals surface area contributed by atoms with Crippen LogP contribution in [0, 0.1) is 5.41 Å². The van der Waals surface area contributed by atoms with Gasteiger partial charge in [-0.05, 0) is 35.9 Å². The zero-order valence-corrected chi connectivity index (χ0v) is 17.1. The number of carboxylic acids is 2. The molecule has 0 fully saturated rings. The fourth-order valence-electron chi connectivity index (χ4n) is 3.19. The number of esters is 1. The molecule has 3 rings (SSSR count). The van der Waals surface area contributed by atoms with Gasteiger partial charge in [0.05, 0.1) is 24.2 Å². The van der Waals surface area contributed by atoms with E-state index in [2.05, 4.69) is 10.6 Å². The van der Waals surface area contributed by atoms with Crippen molar-refractivity contribution >= 4 is 35.5 Å². The molecule has 2 aromatic rings. The lowest BCUT2D eigenvalue weighted by Gasteiger charge is -2.16. The Morgan fingerprint density at radius 1 is 1.18 bits per heavy atom. The molecule has 0 spiro atoms. The predicted molar refractivity (Wildman–Crippen MR) is 114 cm³/mol. The van der Waals surface area contributed by atoms with Crippen molar-refractivity contribution in [3.63, 3.8) is 0 Å². The Labute approximate surface area is 186 Å². The van der Waals surface area contributed by atoms with Gasteiger partial charge in [-0.25, -0.2) is 9.59 Å². The molecule has 12 nitrogen and oxygen atoms in total. The van der Waals surface area contributed by atoms with Crippen molar-refractivity contribution in [2.24, 2.45) is 5.73 Å². The van der Waals surface area contributed by atoms with Crippen LogP contribution in [0.5, 0.6) is 11.5 Å². The highest BCUT2D eigenvalue weighted by Gasteiger charge is 2.27. The third kappa shape index (κ3) is 5.55. The number of hydrogen-bond acceptors (Lipinski definition) is 7. The standard InChI is InChI=1S/C21H20N4O8/c22-21(23)24-11-4-5-12-10(8-11)6-7-32-17-13(2-1-3-15(17)33-20(12)31)18(28)25-14(19(29)30)9-16(26)27/h1-5,8,14H,6-7,9H2,(H,25,28)(H,26,27)(H,29,30)(H4,22,23,24). The summed E-state index contributed by atoms with van der Waals surface area (Å²) in [5.74, 6) is -4.95. The highest BCUT2D eigenvalue weighted by Crippen LogP contribution is 2.34. The number of fused-ring (bicyclic) bond motifs is 2. The fraction of sp³-hybridized carbons (Fsp3) is 0.190. The molecule has 1 amide bonds. The number of hydrogen-bond donors (Lipinski definition) is 6. The number of aliphatic carboxylic acids is 2. The first-order chi connectivity index (χ1) is 15.7. The van der Waals surface area contributed by atoms with Gasteiger partial charge in [-0.1, -0.05) is 6.07 Å². The summed E-state index contributed by atoms with van der Waals surface area (Å²) in [6.45, 7) is 0.0297. The fourth-order valence-corrected chi connectivity index (χ4v) is 3.19. The first kappa shape index (κ1) is 23.1. The van der Waals surface area contributed by atoms with Gasteiger partial charge in [0, 0.05) is 12.1 Å². The first-order valence-corrected chi connectivity index (χ1v) is 9.63. The van der Waals surface area contributed by atoms with Crippen molar-refractivity contribution < 1.29 is 38.9 Å². The highest BCUT2D eigenvalue weighted by molar-refractivity contribution is 6.01. The van der Waals surface area contributed by atoms with E-state index < -0.39 is 36.3 Å². The number of carboxylic acid groups (broad SMARTS) is 2. The van der Waals surface area contributed by atoms with Crippen LogP contribution in [0.15, 0.2) is 36.4 Å². The summed E-state index contributed by atoms with van der Waals surface area (Å²) < 4.78 is 11.2. The lowest BCUT2D eigenvalue weighted by Crippen LogP contribution is -2.42. The minimum Gasteiger partial charge on any atom is -0.488 e. The normalized spacial score (nSPS) is 13.4. The molecule has 1 unspecified atom stereocenters. The molecule has 0 aromatic heterocycles. The van der Waals surface area contributed by atoms with E-state index in [1.807, 2.05) is 0 Å². The second-order valence-electron chi connectivity index (χ2n) is 6.99. The number of para-hydroxylation sites is 1. The number of anilines is 1. The van der Waals surface area contributed by atoms with Crippen LogP contribution in [-0.4, -0.2) is 52.6 Å². The summed E-state index contributed by atoms with van der Waals surface area (Å²) >= 11 is 0. The summed E-state index contributed by atoms with van der Waals surface area (Å²) in [4.78, 5) is 47.7. The van der Waals surface area contributed by atoms with Crippen LogP contribution < -0.4 is 25.8 Å². The molecule has 0 bridgehead atoms. The number of nitrogens with one attached hydrogen (secondary N) is 3. The molecule has 1 aliphatic rings. The van der Waals surface area contributed by atoms with E-state index in [1.165, 1.54) is 24.3 Å². The van der Waals surface area contributed by atoms with Crippen molar-refractivity contribution in [3.05, 3.63) is 53.1 Å². The van der Waals surface area contributed by atoms with Crippen molar-refractivity contribution in [2.75, 3.05) is 11.9 Å². The van der Waals surface area contributed by atoms with Crippen LogP contribution in [-0.2, 0) is 16.0 Å². The Hall–Kier alpha value is -4.61. The number of rotatable bonds is 6. The molecule has 1 aliphatic heterocycles. The highest BCUT2D eigenvalue weighted by atomic mass is 16.6. The average molecular weight is 456 g/mol. The Kier molecular flexibility index (Phi) is 6.77. The summed E-state index contributed by atoms with van der Waals surface area (Å²) in [5, 5.41) is 30.2. The third-order valence-corrected chi connectivity index (χ3v) is 4.63. The smallest absolute Gasteiger partial charge is 0.343 e. The van der Waals surface area contributed by atoms with E-state index in [-0.39, 0.29) is 41.6 Å². The molecular formula is C21H20N4O8. The lowest BCUT2D eigenvalue weighted by molar-refractivity contribution is -0.145. The molecular weight excluding hydrogens is 436 g/mol. The van der Waals surface area contributed by atoms with Gasteiger partial charge in [-0.2, -0.15) is 0 Å². The van der Waals surface area contributed by atoms with Gasteiger partial charge in [-0.3, -0.25) is 15.0 Å². The van der Waals surface area contributed by atoms with Crippen molar-refractivity contribution in [2.45, 2.75) is 18.9 Å². The molecule has 12 heteroatoms. The van der Waals surface area contributed by atoms with Gasteiger partial charge >= 0.3 is 17.9 Å². The molecule has 1 heterocycles. The lowest BCUT2D eigenvalue weighted by atomic mass is 10.0. The van der Waals surface area contributed by atoms with Gasteiger partial charge in [0.2, 0.25) is 0 Å². The molecule has 0 saturated carbocycles. The van der Waals surface area contributed by atoms with E-state index in [1.54, 1.807) is 12.1 Å².